The molecule has 0 bridgehead atoms. The molecule has 0 radical (unpaired) electrons. The predicted molar refractivity (Wildman–Crippen MR) is 121 cm³/mol. The van der Waals surface area contributed by atoms with Gasteiger partial charge in [-0.05, 0) is 43.4 Å². The third kappa shape index (κ3) is 9.33. The minimum absolute atomic E-state index is 0.0334. The fourth-order valence-corrected chi connectivity index (χ4v) is 3.07. The molecule has 0 saturated carbocycles. The van der Waals surface area contributed by atoms with E-state index in [9.17, 15) is 29.4 Å². The first-order valence-corrected chi connectivity index (χ1v) is 10.8. The van der Waals surface area contributed by atoms with Crippen LogP contribution in [0.4, 0.5) is 0 Å². The van der Waals surface area contributed by atoms with E-state index in [2.05, 4.69) is 10.6 Å². The topological polar surface area (TPSA) is 211 Å². The second-order valence-corrected chi connectivity index (χ2v) is 8.48. The van der Waals surface area contributed by atoms with Crippen LogP contribution in [0.1, 0.15) is 32.8 Å². The van der Waals surface area contributed by atoms with Crippen molar-refractivity contribution in [1.82, 2.24) is 16.0 Å². The third-order valence-corrected chi connectivity index (χ3v) is 4.93. The number of aliphatic carboxylic acids is 1. The van der Waals surface area contributed by atoms with E-state index in [1.54, 1.807) is 12.1 Å². The number of benzene rings is 1. The molecule has 12 heteroatoms. The zero-order valence-corrected chi connectivity index (χ0v) is 19.4. The number of carbonyl (C=O) groups excluding carboxylic acids is 3. The van der Waals surface area contributed by atoms with E-state index >= 15 is 0 Å². The Morgan fingerprint density at radius 2 is 1.47 bits per heavy atom. The highest BCUT2D eigenvalue weighted by atomic mass is 16.4. The highest BCUT2D eigenvalue weighted by Crippen LogP contribution is 2.12. The molecule has 0 aliphatic rings. The van der Waals surface area contributed by atoms with Crippen LogP contribution in [-0.4, -0.2) is 81.0 Å². The number of amides is 3. The van der Waals surface area contributed by atoms with Gasteiger partial charge in [0.25, 0.3) is 0 Å². The third-order valence-electron chi connectivity index (χ3n) is 4.93. The number of phenolic OH excluding ortho intramolecular Hbond substituents is 1. The molecular weight excluding hydrogens is 448 g/mol. The van der Waals surface area contributed by atoms with Crippen molar-refractivity contribution in [3.05, 3.63) is 29.8 Å². The van der Waals surface area contributed by atoms with Gasteiger partial charge < -0.3 is 42.1 Å². The molecule has 0 saturated heterocycles. The number of carboxylic acids is 1. The van der Waals surface area contributed by atoms with Crippen molar-refractivity contribution < 1.29 is 39.6 Å². The van der Waals surface area contributed by atoms with Crippen LogP contribution in [0.2, 0.25) is 0 Å². The van der Waals surface area contributed by atoms with Crippen molar-refractivity contribution in [2.24, 2.45) is 11.7 Å². The van der Waals surface area contributed by atoms with Crippen LogP contribution >= 0.6 is 0 Å². The van der Waals surface area contributed by atoms with Gasteiger partial charge in [-0.1, -0.05) is 26.0 Å². The van der Waals surface area contributed by atoms with Gasteiger partial charge in [0.1, 0.15) is 23.9 Å². The monoisotopic (exact) mass is 482 g/mol. The molecule has 5 atom stereocenters. The molecule has 1 aromatic rings. The van der Waals surface area contributed by atoms with Crippen LogP contribution in [0.5, 0.6) is 5.75 Å². The first-order chi connectivity index (χ1) is 15.8. The number of aliphatic hydroxyl groups excluding tert-OH is 2. The second kappa shape index (κ2) is 13.5. The molecule has 0 aliphatic carbocycles. The van der Waals surface area contributed by atoms with Gasteiger partial charge in [0.15, 0.2) is 0 Å². The lowest BCUT2D eigenvalue weighted by molar-refractivity contribution is -0.144. The minimum atomic E-state index is -1.62. The van der Waals surface area contributed by atoms with Gasteiger partial charge in [-0.15, -0.1) is 0 Å². The van der Waals surface area contributed by atoms with E-state index in [1.165, 1.54) is 19.1 Å². The molecule has 1 rings (SSSR count). The van der Waals surface area contributed by atoms with Crippen molar-refractivity contribution >= 4 is 23.7 Å². The Morgan fingerprint density at radius 1 is 0.912 bits per heavy atom. The van der Waals surface area contributed by atoms with Crippen molar-refractivity contribution in [2.45, 2.75) is 63.9 Å². The zero-order chi connectivity index (χ0) is 26.0. The van der Waals surface area contributed by atoms with Gasteiger partial charge in [-0.25, -0.2) is 4.79 Å². The summed E-state index contributed by atoms with van der Waals surface area (Å²) < 4.78 is 0. The van der Waals surface area contributed by atoms with E-state index in [-0.39, 0.29) is 24.5 Å². The summed E-state index contributed by atoms with van der Waals surface area (Å²) in [5, 5.41) is 44.3. The molecule has 0 aliphatic heterocycles. The van der Waals surface area contributed by atoms with Crippen LogP contribution < -0.4 is 21.7 Å². The molecule has 12 nitrogen and oxygen atoms in total. The van der Waals surface area contributed by atoms with Crippen LogP contribution in [0, 0.1) is 5.92 Å². The van der Waals surface area contributed by atoms with Gasteiger partial charge >= 0.3 is 5.97 Å². The lowest BCUT2D eigenvalue weighted by atomic mass is 10.0. The largest absolute Gasteiger partial charge is 0.508 e. The summed E-state index contributed by atoms with van der Waals surface area (Å²) in [5.74, 6) is -3.84. The summed E-state index contributed by atoms with van der Waals surface area (Å²) in [6.45, 7) is 3.98. The maximum atomic E-state index is 12.9. The van der Waals surface area contributed by atoms with Gasteiger partial charge in [-0.2, -0.15) is 0 Å². The number of carboxylic acid groups (broad SMARTS) is 1. The minimum Gasteiger partial charge on any atom is -0.508 e. The lowest BCUT2D eigenvalue weighted by Crippen LogP contribution is -2.60. The van der Waals surface area contributed by atoms with E-state index in [0.717, 1.165) is 0 Å². The molecule has 190 valence electrons. The summed E-state index contributed by atoms with van der Waals surface area (Å²) >= 11 is 0. The quantitative estimate of drug-likeness (QED) is 0.159. The summed E-state index contributed by atoms with van der Waals surface area (Å²) in [6, 6.07) is 0.925. The fourth-order valence-electron chi connectivity index (χ4n) is 3.07. The van der Waals surface area contributed by atoms with Crippen LogP contribution in [0.25, 0.3) is 0 Å². The molecule has 34 heavy (non-hydrogen) atoms. The number of aliphatic hydroxyl groups is 2. The Balaban J connectivity index is 2.90. The molecule has 5 unspecified atom stereocenters. The number of aromatic hydroxyl groups is 1. The second-order valence-electron chi connectivity index (χ2n) is 8.48. The SMILES string of the molecule is CC(C)CC(NC(=O)C(N)Cc1ccc(O)cc1)C(=O)NC(C(=O)NC(CO)C(=O)O)C(C)O. The Morgan fingerprint density at radius 3 is 1.94 bits per heavy atom. The maximum absolute atomic E-state index is 12.9. The molecule has 3 amide bonds. The van der Waals surface area contributed by atoms with E-state index < -0.39 is 60.6 Å². The molecule has 0 heterocycles. The average molecular weight is 483 g/mol. The molecule has 0 aromatic heterocycles. The van der Waals surface area contributed by atoms with Gasteiger partial charge in [-0.3, -0.25) is 14.4 Å². The smallest absolute Gasteiger partial charge is 0.328 e. The van der Waals surface area contributed by atoms with Gasteiger partial charge in [0, 0.05) is 0 Å². The summed E-state index contributed by atoms with van der Waals surface area (Å²) in [7, 11) is 0. The highest BCUT2D eigenvalue weighted by molar-refractivity contribution is 5.94. The predicted octanol–water partition coefficient (Wildman–Crippen LogP) is -1.78. The van der Waals surface area contributed by atoms with E-state index in [1.807, 2.05) is 19.2 Å². The zero-order valence-electron chi connectivity index (χ0n) is 19.4. The number of nitrogens with one attached hydrogen (secondary N) is 3. The number of hydrogen-bond acceptors (Lipinski definition) is 8. The highest BCUT2D eigenvalue weighted by Gasteiger charge is 2.32. The molecule has 9 N–H and O–H groups in total. The Hall–Kier alpha value is -3.22. The van der Waals surface area contributed by atoms with Crippen LogP contribution in [-0.2, 0) is 25.6 Å². The molecule has 1 aromatic carbocycles. The molecule has 0 spiro atoms. The van der Waals surface area contributed by atoms with Crippen molar-refractivity contribution in [3.63, 3.8) is 0 Å². The number of rotatable bonds is 13. The number of phenols is 1. The van der Waals surface area contributed by atoms with Gasteiger partial charge in [0.2, 0.25) is 17.7 Å². The average Bonchev–Trinajstić information content (AvgIpc) is 2.75. The standard InChI is InChI=1S/C22H34N4O8/c1-11(2)8-16(24-19(30)15(23)9-13-4-6-14(29)7-5-13)20(31)26-18(12(3)28)21(32)25-17(10-27)22(33)34/h4-7,11-12,15-18,27-29H,8-10,23H2,1-3H3,(H,24,30)(H,25,32)(H,26,31)(H,33,34). The summed E-state index contributed by atoms with van der Waals surface area (Å²) in [5.41, 5.74) is 6.67. The number of nitrogens with two attached hydrogens (primary N) is 1. The molecular formula is C22H34N4O8. The van der Waals surface area contributed by atoms with Crippen molar-refractivity contribution in [1.29, 1.82) is 0 Å². The fraction of sp³-hybridized carbons (Fsp3) is 0.545. The number of hydrogen-bond donors (Lipinski definition) is 8. The first-order valence-electron chi connectivity index (χ1n) is 10.8. The van der Waals surface area contributed by atoms with Crippen LogP contribution in [0.3, 0.4) is 0 Å². The normalized spacial score (nSPS) is 15.5. The van der Waals surface area contributed by atoms with E-state index in [0.29, 0.717) is 5.56 Å². The lowest BCUT2D eigenvalue weighted by Gasteiger charge is -2.27. The van der Waals surface area contributed by atoms with Crippen LogP contribution in [0.15, 0.2) is 24.3 Å². The Labute approximate surface area is 197 Å². The van der Waals surface area contributed by atoms with Crippen molar-refractivity contribution in [2.75, 3.05) is 6.61 Å². The Bertz CT molecular complexity index is 844. The van der Waals surface area contributed by atoms with Gasteiger partial charge in [0.05, 0.1) is 18.8 Å². The van der Waals surface area contributed by atoms with Crippen molar-refractivity contribution in [3.8, 4) is 5.75 Å². The Kier molecular flexibility index (Phi) is 11.4. The maximum Gasteiger partial charge on any atom is 0.328 e. The van der Waals surface area contributed by atoms with E-state index in [4.69, 9.17) is 15.9 Å². The number of carbonyl (C=O) groups is 4. The summed E-state index contributed by atoms with van der Waals surface area (Å²) in [4.78, 5) is 49.0. The molecule has 0 fully saturated rings. The first kappa shape index (κ1) is 28.8. The summed E-state index contributed by atoms with van der Waals surface area (Å²) in [6.07, 6.45) is -1.05.